The lowest BCUT2D eigenvalue weighted by molar-refractivity contribution is 0.0975. The zero-order valence-corrected chi connectivity index (χ0v) is 10.9. The number of halogens is 1. The number of hydrogen-bond acceptors (Lipinski definition) is 1. The Balaban J connectivity index is 1.75. The number of nitrogens with one attached hydrogen (secondary N) is 1. The van der Waals surface area contributed by atoms with Gasteiger partial charge in [-0.1, -0.05) is 25.7 Å². The van der Waals surface area contributed by atoms with E-state index in [1.165, 1.54) is 37.8 Å². The van der Waals surface area contributed by atoms with Crippen LogP contribution in [0.25, 0.3) is 10.9 Å². The van der Waals surface area contributed by atoms with E-state index in [1.807, 2.05) is 0 Å². The Bertz CT molecular complexity index is 596. The molecule has 0 saturated heterocycles. The number of rotatable bonds is 4. The maximum absolute atomic E-state index is 13.3. The van der Waals surface area contributed by atoms with Crippen molar-refractivity contribution in [2.45, 2.75) is 38.5 Å². The Hall–Kier alpha value is -1.64. The minimum absolute atomic E-state index is 0.128. The first kappa shape index (κ1) is 12.4. The summed E-state index contributed by atoms with van der Waals surface area (Å²) in [7, 11) is 0. The van der Waals surface area contributed by atoms with Crippen molar-refractivity contribution >= 4 is 16.7 Å². The molecule has 0 atom stereocenters. The third-order valence-corrected chi connectivity index (χ3v) is 4.20. The average Bonchev–Trinajstić information content (AvgIpc) is 3.04. The highest BCUT2D eigenvalue weighted by Crippen LogP contribution is 2.29. The van der Waals surface area contributed by atoms with Gasteiger partial charge >= 0.3 is 0 Å². The van der Waals surface area contributed by atoms with Crippen molar-refractivity contribution in [1.82, 2.24) is 4.98 Å². The minimum Gasteiger partial charge on any atom is -0.360 e. The number of benzene rings is 1. The van der Waals surface area contributed by atoms with Gasteiger partial charge in [0, 0.05) is 29.1 Å². The highest BCUT2D eigenvalue weighted by Gasteiger charge is 2.18. The molecule has 0 bridgehead atoms. The second kappa shape index (κ2) is 5.16. The van der Waals surface area contributed by atoms with Crippen LogP contribution >= 0.6 is 0 Å². The molecule has 1 fully saturated rings. The molecule has 1 aliphatic carbocycles. The second-order valence-corrected chi connectivity index (χ2v) is 5.50. The van der Waals surface area contributed by atoms with Gasteiger partial charge in [0.05, 0.1) is 0 Å². The van der Waals surface area contributed by atoms with E-state index in [4.69, 9.17) is 0 Å². The zero-order valence-electron chi connectivity index (χ0n) is 10.9. The van der Waals surface area contributed by atoms with Crippen molar-refractivity contribution in [3.05, 3.63) is 35.8 Å². The monoisotopic (exact) mass is 259 g/mol. The molecule has 1 aromatic carbocycles. The number of fused-ring (bicyclic) bond motifs is 1. The van der Waals surface area contributed by atoms with Crippen LogP contribution in [0.4, 0.5) is 4.39 Å². The average molecular weight is 259 g/mol. The molecule has 0 spiro atoms. The summed E-state index contributed by atoms with van der Waals surface area (Å²) in [5, 5.41) is 0.705. The van der Waals surface area contributed by atoms with Crippen molar-refractivity contribution in [3.8, 4) is 0 Å². The smallest absolute Gasteiger partial charge is 0.165 e. The molecule has 0 aliphatic heterocycles. The van der Waals surface area contributed by atoms with Crippen molar-refractivity contribution < 1.29 is 9.18 Å². The minimum atomic E-state index is -0.294. The molecule has 2 aromatic rings. The molecule has 2 nitrogen and oxygen atoms in total. The molecule has 0 radical (unpaired) electrons. The van der Waals surface area contributed by atoms with Crippen LogP contribution in [-0.4, -0.2) is 10.8 Å². The van der Waals surface area contributed by atoms with Gasteiger partial charge in [-0.2, -0.15) is 0 Å². The third-order valence-electron chi connectivity index (χ3n) is 4.20. The van der Waals surface area contributed by atoms with Crippen LogP contribution in [-0.2, 0) is 0 Å². The molecule has 1 heterocycles. The number of hydrogen-bond donors (Lipinski definition) is 1. The summed E-state index contributed by atoms with van der Waals surface area (Å²) in [6, 6.07) is 4.53. The van der Waals surface area contributed by atoms with E-state index in [9.17, 15) is 9.18 Å². The summed E-state index contributed by atoms with van der Waals surface area (Å²) in [6.07, 6.45) is 8.38. The Kier molecular flexibility index (Phi) is 3.36. The zero-order chi connectivity index (χ0) is 13.2. The number of aromatic nitrogens is 1. The molecule has 3 heteroatoms. The maximum atomic E-state index is 13.3. The van der Waals surface area contributed by atoms with Gasteiger partial charge in [0.15, 0.2) is 5.78 Å². The molecule has 19 heavy (non-hydrogen) atoms. The summed E-state index contributed by atoms with van der Waals surface area (Å²) in [5.74, 6) is 0.548. The van der Waals surface area contributed by atoms with Gasteiger partial charge in [-0.15, -0.1) is 0 Å². The van der Waals surface area contributed by atoms with Crippen molar-refractivity contribution in [1.29, 1.82) is 0 Å². The molecule has 1 aromatic heterocycles. The highest BCUT2D eigenvalue weighted by atomic mass is 19.1. The highest BCUT2D eigenvalue weighted by molar-refractivity contribution is 6.07. The fourth-order valence-corrected chi connectivity index (χ4v) is 3.09. The first-order valence-electron chi connectivity index (χ1n) is 7.04. The van der Waals surface area contributed by atoms with Crippen LogP contribution in [0, 0.1) is 11.7 Å². The summed E-state index contributed by atoms with van der Waals surface area (Å²) >= 11 is 0. The van der Waals surface area contributed by atoms with E-state index < -0.39 is 0 Å². The van der Waals surface area contributed by atoms with Gasteiger partial charge in [0.1, 0.15) is 5.82 Å². The lowest BCUT2D eigenvalue weighted by Crippen LogP contribution is -2.02. The number of carbonyl (C=O) groups is 1. The fourth-order valence-electron chi connectivity index (χ4n) is 3.09. The van der Waals surface area contributed by atoms with E-state index in [1.54, 1.807) is 12.3 Å². The number of carbonyl (C=O) groups excluding carboxylic acids is 1. The topological polar surface area (TPSA) is 32.9 Å². The SMILES string of the molecule is O=C(CCC1CCCC1)c1c[nH]c2ccc(F)cc12. The van der Waals surface area contributed by atoms with Gasteiger partial charge in [-0.3, -0.25) is 4.79 Å². The van der Waals surface area contributed by atoms with Gasteiger partial charge in [0.2, 0.25) is 0 Å². The molecular formula is C16H18FNO. The fraction of sp³-hybridized carbons (Fsp3) is 0.438. The maximum Gasteiger partial charge on any atom is 0.165 e. The second-order valence-electron chi connectivity index (χ2n) is 5.50. The van der Waals surface area contributed by atoms with Gasteiger partial charge < -0.3 is 4.98 Å². The number of Topliss-reactive ketones (excluding diaryl/α,β-unsaturated/α-hetero) is 1. The molecule has 100 valence electrons. The summed E-state index contributed by atoms with van der Waals surface area (Å²) in [5.41, 5.74) is 1.46. The van der Waals surface area contributed by atoms with Crippen molar-refractivity contribution in [2.24, 2.45) is 5.92 Å². The predicted octanol–water partition coefficient (Wildman–Crippen LogP) is 4.46. The first-order valence-corrected chi connectivity index (χ1v) is 7.04. The Labute approximate surface area is 112 Å². The molecule has 0 amide bonds. The third kappa shape index (κ3) is 2.55. The molecule has 1 aliphatic rings. The van der Waals surface area contributed by atoms with Gasteiger partial charge in [-0.25, -0.2) is 4.39 Å². The van der Waals surface area contributed by atoms with E-state index in [2.05, 4.69) is 4.98 Å². The lowest BCUT2D eigenvalue weighted by Gasteiger charge is -2.07. The van der Waals surface area contributed by atoms with Gasteiger partial charge in [0.25, 0.3) is 0 Å². The quantitative estimate of drug-likeness (QED) is 0.808. The van der Waals surface area contributed by atoms with Crippen molar-refractivity contribution in [3.63, 3.8) is 0 Å². The van der Waals surface area contributed by atoms with Crippen LogP contribution in [0.3, 0.4) is 0 Å². The first-order chi connectivity index (χ1) is 9.24. The predicted molar refractivity (Wildman–Crippen MR) is 73.8 cm³/mol. The number of aromatic amines is 1. The van der Waals surface area contributed by atoms with Gasteiger partial charge in [-0.05, 0) is 30.5 Å². The van der Waals surface area contributed by atoms with E-state index in [0.29, 0.717) is 23.3 Å². The molecule has 1 N–H and O–H groups in total. The Morgan fingerprint density at radius 1 is 1.32 bits per heavy atom. The van der Waals surface area contributed by atoms with Crippen LogP contribution in [0.15, 0.2) is 24.4 Å². The molecular weight excluding hydrogens is 241 g/mol. The summed E-state index contributed by atoms with van der Waals surface area (Å²) in [6.45, 7) is 0. The van der Waals surface area contributed by atoms with E-state index >= 15 is 0 Å². The standard InChI is InChI=1S/C16H18FNO/c17-12-6-7-15-13(9-12)14(10-18-15)16(19)8-5-11-3-1-2-4-11/h6-7,9-11,18H,1-5,8H2. The number of ketones is 1. The van der Waals surface area contributed by atoms with Crippen LogP contribution in [0.1, 0.15) is 48.9 Å². The molecule has 1 saturated carbocycles. The number of H-pyrrole nitrogens is 1. The van der Waals surface area contributed by atoms with Crippen LogP contribution in [0.5, 0.6) is 0 Å². The van der Waals surface area contributed by atoms with E-state index in [-0.39, 0.29) is 11.6 Å². The van der Waals surface area contributed by atoms with Crippen LogP contribution < -0.4 is 0 Å². The summed E-state index contributed by atoms with van der Waals surface area (Å²) < 4.78 is 13.3. The lowest BCUT2D eigenvalue weighted by atomic mass is 9.97. The van der Waals surface area contributed by atoms with E-state index in [0.717, 1.165) is 11.9 Å². The Morgan fingerprint density at radius 2 is 2.11 bits per heavy atom. The normalized spacial score (nSPS) is 16.3. The molecule has 3 rings (SSSR count). The molecule has 0 unspecified atom stereocenters. The summed E-state index contributed by atoms with van der Waals surface area (Å²) in [4.78, 5) is 15.3. The van der Waals surface area contributed by atoms with Crippen molar-refractivity contribution in [2.75, 3.05) is 0 Å². The Morgan fingerprint density at radius 3 is 2.89 bits per heavy atom. The largest absolute Gasteiger partial charge is 0.360 e. The van der Waals surface area contributed by atoms with Crippen LogP contribution in [0.2, 0.25) is 0 Å².